The Balaban J connectivity index is 2.22. The predicted molar refractivity (Wildman–Crippen MR) is 55.9 cm³/mol. The van der Waals surface area contributed by atoms with E-state index in [1.165, 1.54) is 11.1 Å². The summed E-state index contributed by atoms with van der Waals surface area (Å²) in [6, 6.07) is 8.30. The molecule has 0 unspecified atom stereocenters. The van der Waals surface area contributed by atoms with Crippen LogP contribution in [0.4, 0.5) is 0 Å². The lowest BCUT2D eigenvalue weighted by atomic mass is 9.90. The molecule has 15 heavy (non-hydrogen) atoms. The number of methoxy groups -OCH3 is 1. The van der Waals surface area contributed by atoms with E-state index >= 15 is 0 Å². The Morgan fingerprint density at radius 3 is 3.00 bits per heavy atom. The number of rotatable bonds is 1. The number of ether oxygens (including phenoxy) is 1. The Labute approximate surface area is 87.7 Å². The third-order valence-corrected chi connectivity index (χ3v) is 2.85. The average Bonchev–Trinajstić information content (AvgIpc) is 2.72. The summed E-state index contributed by atoms with van der Waals surface area (Å²) in [4.78, 5) is 0. The van der Waals surface area contributed by atoms with Crippen molar-refractivity contribution in [2.24, 2.45) is 0 Å². The van der Waals surface area contributed by atoms with Gasteiger partial charge in [0.2, 0.25) is 0 Å². The summed E-state index contributed by atoms with van der Waals surface area (Å²) in [5, 5.41) is 4.07. The van der Waals surface area contributed by atoms with E-state index in [4.69, 9.17) is 9.26 Å². The zero-order valence-electron chi connectivity index (χ0n) is 8.49. The zero-order valence-corrected chi connectivity index (χ0v) is 8.49. The maximum Gasteiger partial charge on any atom is 0.314 e. The Kier molecular flexibility index (Phi) is 1.78. The van der Waals surface area contributed by atoms with Crippen molar-refractivity contribution in [3.8, 4) is 17.2 Å². The molecule has 3 rings (SSSR count). The highest BCUT2D eigenvalue weighted by Crippen LogP contribution is 2.37. The summed E-state index contributed by atoms with van der Waals surface area (Å²) in [7, 11) is 1.61. The first-order valence-corrected chi connectivity index (χ1v) is 5.01. The molecule has 1 aromatic heterocycles. The molecule has 0 amide bonds. The molecule has 0 atom stereocenters. The van der Waals surface area contributed by atoms with Crippen LogP contribution in [0.3, 0.4) is 0 Å². The maximum atomic E-state index is 5.15. The van der Waals surface area contributed by atoms with Crippen LogP contribution in [0.1, 0.15) is 11.1 Å². The minimum Gasteiger partial charge on any atom is -0.467 e. The second-order valence-corrected chi connectivity index (χ2v) is 3.66. The second kappa shape index (κ2) is 3.12. The first-order valence-electron chi connectivity index (χ1n) is 5.01. The van der Waals surface area contributed by atoms with Crippen LogP contribution >= 0.6 is 0 Å². The quantitative estimate of drug-likeness (QED) is 0.710. The molecule has 0 fully saturated rings. The van der Waals surface area contributed by atoms with Crippen molar-refractivity contribution in [1.29, 1.82) is 0 Å². The van der Waals surface area contributed by atoms with Gasteiger partial charge in [-0.25, -0.2) is 0 Å². The number of aromatic nitrogens is 1. The summed E-state index contributed by atoms with van der Waals surface area (Å²) in [6.07, 6.45) is 1.97. The lowest BCUT2D eigenvalue weighted by Gasteiger charge is -2.13. The van der Waals surface area contributed by atoms with Gasteiger partial charge in [0.25, 0.3) is 0 Å². The van der Waals surface area contributed by atoms with Gasteiger partial charge in [0, 0.05) is 5.56 Å². The van der Waals surface area contributed by atoms with Crippen LogP contribution in [0, 0.1) is 0 Å². The predicted octanol–water partition coefficient (Wildman–Crippen LogP) is 2.45. The van der Waals surface area contributed by atoms with Gasteiger partial charge in [-0.3, -0.25) is 0 Å². The summed E-state index contributed by atoms with van der Waals surface area (Å²) >= 11 is 0. The first kappa shape index (κ1) is 8.53. The summed E-state index contributed by atoms with van der Waals surface area (Å²) in [5.74, 6) is 0.555. The molecule has 2 aromatic rings. The van der Waals surface area contributed by atoms with Gasteiger partial charge in [0.15, 0.2) is 0 Å². The van der Waals surface area contributed by atoms with Crippen LogP contribution in [0.2, 0.25) is 0 Å². The number of fused-ring (bicyclic) bond motifs is 3. The molecule has 0 saturated heterocycles. The van der Waals surface area contributed by atoms with Crippen molar-refractivity contribution >= 4 is 0 Å². The van der Waals surface area contributed by atoms with Crippen LogP contribution in [0.5, 0.6) is 5.95 Å². The van der Waals surface area contributed by atoms with Crippen LogP contribution in [0.15, 0.2) is 28.8 Å². The lowest BCUT2D eigenvalue weighted by molar-refractivity contribution is 0.259. The van der Waals surface area contributed by atoms with E-state index in [-0.39, 0.29) is 0 Å². The third kappa shape index (κ3) is 1.16. The van der Waals surface area contributed by atoms with Gasteiger partial charge >= 0.3 is 5.95 Å². The molecule has 76 valence electrons. The van der Waals surface area contributed by atoms with Gasteiger partial charge in [0.1, 0.15) is 5.69 Å². The number of nitrogens with zero attached hydrogens (tertiary/aromatic N) is 1. The molecule has 0 spiro atoms. The largest absolute Gasteiger partial charge is 0.467 e. The van der Waals surface area contributed by atoms with Crippen molar-refractivity contribution in [2.45, 2.75) is 12.8 Å². The molecule has 0 bridgehead atoms. The normalized spacial score (nSPS) is 13.1. The first-order chi connectivity index (χ1) is 7.40. The fourth-order valence-corrected chi connectivity index (χ4v) is 2.12. The molecule has 1 aliphatic rings. The summed E-state index contributed by atoms with van der Waals surface area (Å²) < 4.78 is 10.3. The summed E-state index contributed by atoms with van der Waals surface area (Å²) in [5.41, 5.74) is 4.54. The van der Waals surface area contributed by atoms with Gasteiger partial charge < -0.3 is 9.26 Å². The van der Waals surface area contributed by atoms with E-state index in [2.05, 4.69) is 23.4 Å². The lowest BCUT2D eigenvalue weighted by Crippen LogP contribution is -2.03. The fraction of sp³-hybridized carbons (Fsp3) is 0.250. The van der Waals surface area contributed by atoms with Gasteiger partial charge in [-0.1, -0.05) is 29.4 Å². The standard InChI is InChI=1S/C12H11NO2/c1-14-12-10-7-6-8-4-2-3-5-9(8)11(10)13-15-12/h2-5H,6-7H2,1H3. The minimum absolute atomic E-state index is 0.555. The van der Waals surface area contributed by atoms with Crippen molar-refractivity contribution in [3.05, 3.63) is 35.4 Å². The molecule has 0 N–H and O–H groups in total. The third-order valence-electron chi connectivity index (χ3n) is 2.85. The Hall–Kier alpha value is -1.77. The highest BCUT2D eigenvalue weighted by atomic mass is 16.6. The van der Waals surface area contributed by atoms with Crippen molar-refractivity contribution in [1.82, 2.24) is 5.16 Å². The molecule has 1 aromatic carbocycles. The monoisotopic (exact) mass is 201 g/mol. The van der Waals surface area contributed by atoms with Crippen molar-refractivity contribution in [2.75, 3.05) is 7.11 Å². The molecule has 1 aliphatic carbocycles. The number of benzene rings is 1. The molecule has 0 saturated carbocycles. The van der Waals surface area contributed by atoms with Crippen LogP contribution in [-0.2, 0) is 12.8 Å². The number of aryl methyl sites for hydroxylation is 1. The molecule has 1 heterocycles. The Bertz CT molecular complexity index is 502. The number of hydrogen-bond donors (Lipinski definition) is 0. The van der Waals surface area contributed by atoms with E-state index in [0.29, 0.717) is 5.95 Å². The van der Waals surface area contributed by atoms with Crippen LogP contribution in [0.25, 0.3) is 11.3 Å². The molecule has 3 heteroatoms. The van der Waals surface area contributed by atoms with Gasteiger partial charge in [-0.05, 0) is 18.4 Å². The Morgan fingerprint density at radius 1 is 1.27 bits per heavy atom. The average molecular weight is 201 g/mol. The van der Waals surface area contributed by atoms with E-state index in [1.807, 2.05) is 6.07 Å². The SMILES string of the molecule is COc1onc2c1CCc1ccccc1-2. The molecular weight excluding hydrogens is 190 g/mol. The maximum absolute atomic E-state index is 5.15. The zero-order chi connectivity index (χ0) is 10.3. The second-order valence-electron chi connectivity index (χ2n) is 3.66. The van der Waals surface area contributed by atoms with E-state index < -0.39 is 0 Å². The topological polar surface area (TPSA) is 35.3 Å². The van der Waals surface area contributed by atoms with E-state index in [9.17, 15) is 0 Å². The molecular formula is C12H11NO2. The minimum atomic E-state index is 0.555. The highest BCUT2D eigenvalue weighted by Gasteiger charge is 2.23. The van der Waals surface area contributed by atoms with Gasteiger partial charge in [-0.15, -0.1) is 0 Å². The van der Waals surface area contributed by atoms with Crippen molar-refractivity contribution in [3.63, 3.8) is 0 Å². The summed E-state index contributed by atoms with van der Waals surface area (Å²) in [6.45, 7) is 0. The van der Waals surface area contributed by atoms with Crippen molar-refractivity contribution < 1.29 is 9.26 Å². The van der Waals surface area contributed by atoms with Gasteiger partial charge in [-0.2, -0.15) is 0 Å². The molecule has 0 aliphatic heterocycles. The van der Waals surface area contributed by atoms with E-state index in [1.54, 1.807) is 7.11 Å². The van der Waals surface area contributed by atoms with Crippen LogP contribution < -0.4 is 4.74 Å². The van der Waals surface area contributed by atoms with Gasteiger partial charge in [0.05, 0.1) is 12.7 Å². The smallest absolute Gasteiger partial charge is 0.314 e. The highest BCUT2D eigenvalue weighted by molar-refractivity contribution is 5.70. The Morgan fingerprint density at radius 2 is 2.13 bits per heavy atom. The van der Waals surface area contributed by atoms with Crippen LogP contribution in [-0.4, -0.2) is 12.3 Å². The molecule has 3 nitrogen and oxygen atoms in total. The number of hydrogen-bond acceptors (Lipinski definition) is 3. The van der Waals surface area contributed by atoms with E-state index in [0.717, 1.165) is 24.1 Å². The fourth-order valence-electron chi connectivity index (χ4n) is 2.12. The molecule has 0 radical (unpaired) electrons.